The summed E-state index contributed by atoms with van der Waals surface area (Å²) in [5.41, 5.74) is 3.74. The highest BCUT2D eigenvalue weighted by Crippen LogP contribution is 2.23. The van der Waals surface area contributed by atoms with Crippen molar-refractivity contribution in [3.63, 3.8) is 0 Å². The molecule has 0 radical (unpaired) electrons. The van der Waals surface area contributed by atoms with Crippen molar-refractivity contribution in [2.45, 2.75) is 20.5 Å². The third-order valence-electron chi connectivity index (χ3n) is 3.81. The van der Waals surface area contributed by atoms with E-state index in [4.69, 9.17) is 4.74 Å². The van der Waals surface area contributed by atoms with E-state index in [-0.39, 0.29) is 6.61 Å². The summed E-state index contributed by atoms with van der Waals surface area (Å²) in [5, 5.41) is 5.18. The number of nitrogens with zero attached hydrogens (tertiary/aromatic N) is 4. The summed E-state index contributed by atoms with van der Waals surface area (Å²) >= 11 is 1.63. The lowest BCUT2D eigenvalue weighted by Crippen LogP contribution is -2.11. The molecule has 0 saturated heterocycles. The van der Waals surface area contributed by atoms with E-state index in [0.29, 0.717) is 16.9 Å². The van der Waals surface area contributed by atoms with E-state index in [1.54, 1.807) is 28.1 Å². The number of rotatable bonds is 3. The Balaban J connectivity index is 1.55. The van der Waals surface area contributed by atoms with Crippen LogP contribution in [0.3, 0.4) is 0 Å². The molecule has 0 aliphatic rings. The average Bonchev–Trinajstić information content (AvgIpc) is 3.18. The second-order valence-corrected chi connectivity index (χ2v) is 6.70. The van der Waals surface area contributed by atoms with Gasteiger partial charge in [-0.3, -0.25) is 0 Å². The van der Waals surface area contributed by atoms with Crippen LogP contribution in [0.1, 0.15) is 26.6 Å². The zero-order valence-corrected chi connectivity index (χ0v) is 14.0. The summed E-state index contributed by atoms with van der Waals surface area (Å²) in [7, 11) is 0. The largest absolute Gasteiger partial charge is 0.457 e. The van der Waals surface area contributed by atoms with E-state index in [0.717, 1.165) is 20.8 Å². The van der Waals surface area contributed by atoms with Crippen LogP contribution in [-0.4, -0.2) is 25.6 Å². The summed E-state index contributed by atoms with van der Waals surface area (Å²) in [4.78, 5) is 21.0. The predicted octanol–water partition coefficient (Wildman–Crippen LogP) is 3.31. The normalized spacial score (nSPS) is 11.2. The zero-order chi connectivity index (χ0) is 16.7. The molecule has 0 unspecified atom stereocenters. The van der Waals surface area contributed by atoms with Crippen molar-refractivity contribution in [2.24, 2.45) is 0 Å². The van der Waals surface area contributed by atoms with E-state index < -0.39 is 5.97 Å². The molecule has 0 bridgehead atoms. The molecule has 0 aliphatic carbocycles. The van der Waals surface area contributed by atoms with Crippen LogP contribution < -0.4 is 0 Å². The van der Waals surface area contributed by atoms with Crippen molar-refractivity contribution < 1.29 is 9.53 Å². The predicted molar refractivity (Wildman–Crippen MR) is 91.2 cm³/mol. The van der Waals surface area contributed by atoms with E-state index in [9.17, 15) is 4.79 Å². The minimum atomic E-state index is -0.405. The Morgan fingerprint density at radius 1 is 1.29 bits per heavy atom. The number of aromatic nitrogens is 4. The molecule has 0 amide bonds. The molecule has 4 rings (SSSR count). The van der Waals surface area contributed by atoms with Gasteiger partial charge in [-0.2, -0.15) is 5.10 Å². The van der Waals surface area contributed by atoms with Crippen LogP contribution in [0.25, 0.3) is 15.9 Å². The first kappa shape index (κ1) is 14.8. The summed E-state index contributed by atoms with van der Waals surface area (Å²) in [6, 6.07) is 7.67. The molecule has 0 atom stereocenters. The number of carbonyl (C=O) groups excluding carboxylic acids is 1. The lowest BCUT2D eigenvalue weighted by molar-refractivity contribution is 0.0470. The molecule has 0 N–H and O–H groups in total. The van der Waals surface area contributed by atoms with Gasteiger partial charge in [-0.1, -0.05) is 6.07 Å². The number of aryl methyl sites for hydroxylation is 2. The fourth-order valence-electron chi connectivity index (χ4n) is 2.59. The van der Waals surface area contributed by atoms with Gasteiger partial charge in [-0.15, -0.1) is 11.3 Å². The minimum absolute atomic E-state index is 0.211. The average molecular weight is 338 g/mol. The van der Waals surface area contributed by atoms with E-state index >= 15 is 0 Å². The van der Waals surface area contributed by atoms with E-state index in [1.807, 2.05) is 32.0 Å². The van der Waals surface area contributed by atoms with Gasteiger partial charge >= 0.3 is 5.97 Å². The monoisotopic (exact) mass is 338 g/mol. The molecule has 6 nitrogen and oxygen atoms in total. The molecular weight excluding hydrogens is 324 g/mol. The number of ether oxygens (including phenoxy) is 1. The Hall–Kier alpha value is -2.80. The summed E-state index contributed by atoms with van der Waals surface area (Å²) in [5.74, 6) is -0.405. The first-order valence-corrected chi connectivity index (χ1v) is 8.26. The van der Waals surface area contributed by atoms with Crippen molar-refractivity contribution >= 4 is 33.2 Å². The zero-order valence-electron chi connectivity index (χ0n) is 13.2. The molecule has 3 heterocycles. The molecule has 7 heteroatoms. The standard InChI is InChI=1S/C17H14N4O2S/c1-10-13(8-18-16-5-6-19-21(10)16)17(22)23-9-12-3-4-14-15(7-12)24-11(2)20-14/h3-8H,9H2,1-2H3. The highest BCUT2D eigenvalue weighted by atomic mass is 32.1. The van der Waals surface area contributed by atoms with Crippen molar-refractivity contribution in [3.8, 4) is 0 Å². The quantitative estimate of drug-likeness (QED) is 0.536. The van der Waals surface area contributed by atoms with Crippen LogP contribution >= 0.6 is 11.3 Å². The smallest absolute Gasteiger partial charge is 0.341 e. The fourth-order valence-corrected chi connectivity index (χ4v) is 3.48. The Kier molecular flexibility index (Phi) is 3.50. The van der Waals surface area contributed by atoms with Crippen LogP contribution in [-0.2, 0) is 11.3 Å². The molecule has 4 aromatic rings. The summed E-state index contributed by atoms with van der Waals surface area (Å²) in [6.45, 7) is 4.01. The second-order valence-electron chi connectivity index (χ2n) is 5.47. The molecule has 0 spiro atoms. The van der Waals surface area contributed by atoms with Crippen LogP contribution in [0, 0.1) is 13.8 Å². The van der Waals surface area contributed by atoms with Gasteiger partial charge in [0.2, 0.25) is 0 Å². The maximum Gasteiger partial charge on any atom is 0.341 e. The fraction of sp³-hybridized carbons (Fsp3) is 0.176. The Bertz CT molecular complexity index is 1070. The number of benzene rings is 1. The summed E-state index contributed by atoms with van der Waals surface area (Å²) in [6.07, 6.45) is 3.18. The van der Waals surface area contributed by atoms with Crippen LogP contribution in [0.5, 0.6) is 0 Å². The van der Waals surface area contributed by atoms with Gasteiger partial charge in [0.1, 0.15) is 6.61 Å². The van der Waals surface area contributed by atoms with E-state index in [1.165, 1.54) is 6.20 Å². The van der Waals surface area contributed by atoms with Gasteiger partial charge in [0.25, 0.3) is 0 Å². The maximum atomic E-state index is 12.4. The number of hydrogen-bond acceptors (Lipinski definition) is 6. The van der Waals surface area contributed by atoms with Crippen molar-refractivity contribution in [3.05, 3.63) is 58.5 Å². The molecule has 120 valence electrons. The topological polar surface area (TPSA) is 69.4 Å². The highest BCUT2D eigenvalue weighted by molar-refractivity contribution is 7.18. The van der Waals surface area contributed by atoms with Crippen molar-refractivity contribution in [1.82, 2.24) is 19.6 Å². The Morgan fingerprint density at radius 2 is 2.17 bits per heavy atom. The molecular formula is C17H14N4O2S. The number of carbonyl (C=O) groups is 1. The Morgan fingerprint density at radius 3 is 3.04 bits per heavy atom. The van der Waals surface area contributed by atoms with Gasteiger partial charge in [0.05, 0.1) is 32.7 Å². The van der Waals surface area contributed by atoms with Gasteiger partial charge in [0, 0.05) is 12.3 Å². The van der Waals surface area contributed by atoms with Gasteiger partial charge in [-0.25, -0.2) is 19.3 Å². The SMILES string of the molecule is Cc1nc2ccc(COC(=O)c3cnc4ccnn4c3C)cc2s1. The molecule has 0 aliphatic heterocycles. The van der Waals surface area contributed by atoms with Crippen molar-refractivity contribution in [2.75, 3.05) is 0 Å². The summed E-state index contributed by atoms with van der Waals surface area (Å²) < 4.78 is 8.16. The number of fused-ring (bicyclic) bond motifs is 2. The van der Waals surface area contributed by atoms with Gasteiger partial charge in [0.15, 0.2) is 5.65 Å². The third-order valence-corrected chi connectivity index (χ3v) is 4.74. The number of thiazole rings is 1. The number of hydrogen-bond donors (Lipinski definition) is 0. The third kappa shape index (κ3) is 2.52. The maximum absolute atomic E-state index is 12.4. The van der Waals surface area contributed by atoms with E-state index in [2.05, 4.69) is 15.1 Å². The van der Waals surface area contributed by atoms with Crippen molar-refractivity contribution in [1.29, 1.82) is 0 Å². The van der Waals surface area contributed by atoms with Crippen LogP contribution in [0.2, 0.25) is 0 Å². The minimum Gasteiger partial charge on any atom is -0.457 e. The Labute approximate surface area is 141 Å². The highest BCUT2D eigenvalue weighted by Gasteiger charge is 2.15. The molecule has 3 aromatic heterocycles. The number of esters is 1. The molecule has 24 heavy (non-hydrogen) atoms. The van der Waals surface area contributed by atoms with Crippen LogP contribution in [0.4, 0.5) is 0 Å². The lowest BCUT2D eigenvalue weighted by atomic mass is 10.2. The lowest BCUT2D eigenvalue weighted by Gasteiger charge is -2.08. The van der Waals surface area contributed by atoms with Gasteiger partial charge < -0.3 is 4.74 Å². The molecule has 1 aromatic carbocycles. The van der Waals surface area contributed by atoms with Crippen LogP contribution in [0.15, 0.2) is 36.7 Å². The van der Waals surface area contributed by atoms with Gasteiger partial charge in [-0.05, 0) is 31.5 Å². The first-order chi connectivity index (χ1) is 11.6. The second kappa shape index (κ2) is 5.68. The molecule has 0 fully saturated rings. The molecule has 0 saturated carbocycles. The first-order valence-electron chi connectivity index (χ1n) is 7.44.